The van der Waals surface area contributed by atoms with Gasteiger partial charge in [-0.25, -0.2) is 9.31 Å². The zero-order chi connectivity index (χ0) is 24.0. The van der Waals surface area contributed by atoms with Crippen molar-refractivity contribution in [3.8, 4) is 6.07 Å². The van der Waals surface area contributed by atoms with Gasteiger partial charge in [0.2, 0.25) is 0 Å². The van der Waals surface area contributed by atoms with Crippen molar-refractivity contribution in [1.29, 1.82) is 5.26 Å². The molecule has 1 atom stereocenters. The van der Waals surface area contributed by atoms with Gasteiger partial charge < -0.3 is 21.1 Å². The molecular formula is C22H23F3N6O2. The Morgan fingerprint density at radius 1 is 1.30 bits per heavy atom. The number of nitrogens with zero attached hydrogens (tertiary/aromatic N) is 3. The molecule has 0 spiro atoms. The topological polar surface area (TPSA) is 114 Å². The summed E-state index contributed by atoms with van der Waals surface area (Å²) < 4.78 is 33.5. The van der Waals surface area contributed by atoms with Gasteiger partial charge in [-0.05, 0) is 44.5 Å². The zero-order valence-electron chi connectivity index (χ0n) is 17.8. The highest BCUT2D eigenvalue weighted by Crippen LogP contribution is 2.33. The smallest absolute Gasteiger partial charge is 0.475 e. The van der Waals surface area contributed by atoms with E-state index in [4.69, 9.17) is 9.90 Å². The summed E-state index contributed by atoms with van der Waals surface area (Å²) in [6.45, 7) is 4.01. The minimum Gasteiger partial charge on any atom is -0.475 e. The van der Waals surface area contributed by atoms with Crippen LogP contribution >= 0.6 is 0 Å². The fourth-order valence-corrected chi connectivity index (χ4v) is 3.54. The summed E-state index contributed by atoms with van der Waals surface area (Å²) in [5, 5.41) is 31.9. The molecule has 2 aromatic heterocycles. The Hall–Kier alpha value is -3.78. The number of piperidine rings is 1. The highest BCUT2D eigenvalue weighted by molar-refractivity contribution is 5.82. The Kier molecular flexibility index (Phi) is 7.40. The average molecular weight is 460 g/mol. The number of pyridine rings is 1. The third kappa shape index (κ3) is 5.72. The van der Waals surface area contributed by atoms with Crippen molar-refractivity contribution in [2.75, 3.05) is 23.7 Å². The number of halogens is 3. The summed E-state index contributed by atoms with van der Waals surface area (Å²) in [4.78, 5) is 8.90. The maximum absolute atomic E-state index is 10.6. The summed E-state index contributed by atoms with van der Waals surface area (Å²) in [7, 11) is 0. The van der Waals surface area contributed by atoms with Crippen LogP contribution in [0, 0.1) is 18.3 Å². The van der Waals surface area contributed by atoms with Gasteiger partial charge in [0.15, 0.2) is 0 Å². The van der Waals surface area contributed by atoms with Gasteiger partial charge in [-0.15, -0.1) is 0 Å². The zero-order valence-corrected chi connectivity index (χ0v) is 17.8. The van der Waals surface area contributed by atoms with Gasteiger partial charge in [0.05, 0.1) is 17.4 Å². The largest absolute Gasteiger partial charge is 0.490 e. The number of anilines is 3. The van der Waals surface area contributed by atoms with Crippen molar-refractivity contribution < 1.29 is 23.1 Å². The predicted octanol–water partition coefficient (Wildman–Crippen LogP) is 4.06. The van der Waals surface area contributed by atoms with Crippen LogP contribution in [0.2, 0.25) is 0 Å². The molecule has 1 fully saturated rings. The molecule has 0 bridgehead atoms. The molecule has 33 heavy (non-hydrogen) atoms. The lowest BCUT2D eigenvalue weighted by Gasteiger charge is -2.27. The van der Waals surface area contributed by atoms with Crippen LogP contribution in [-0.4, -0.2) is 46.0 Å². The van der Waals surface area contributed by atoms with Gasteiger partial charge in [-0.1, -0.05) is 18.2 Å². The van der Waals surface area contributed by atoms with Crippen molar-refractivity contribution in [3.05, 3.63) is 53.7 Å². The van der Waals surface area contributed by atoms with Crippen LogP contribution in [-0.2, 0) is 4.79 Å². The molecule has 0 aliphatic carbocycles. The molecular weight excluding hydrogens is 437 g/mol. The van der Waals surface area contributed by atoms with Crippen LogP contribution in [0.5, 0.6) is 0 Å². The molecule has 1 aromatic carbocycles. The minimum atomic E-state index is -5.08. The molecule has 4 N–H and O–H groups in total. The third-order valence-electron chi connectivity index (χ3n) is 5.13. The van der Waals surface area contributed by atoms with E-state index >= 15 is 0 Å². The second-order valence-electron chi connectivity index (χ2n) is 7.45. The van der Waals surface area contributed by atoms with E-state index in [-0.39, 0.29) is 0 Å². The molecule has 3 heterocycles. The van der Waals surface area contributed by atoms with E-state index in [2.05, 4.69) is 27.1 Å². The number of alkyl halides is 3. The van der Waals surface area contributed by atoms with Gasteiger partial charge >= 0.3 is 12.1 Å². The van der Waals surface area contributed by atoms with E-state index in [1.807, 2.05) is 47.8 Å². The molecule has 0 radical (unpaired) electrons. The summed E-state index contributed by atoms with van der Waals surface area (Å²) in [6.07, 6.45) is -1.11. The Morgan fingerprint density at radius 2 is 2.00 bits per heavy atom. The standard InChI is InChI=1S/C20H22N6.C2HF3O2/c1-14-19(24-16-8-5-10-22-13-16)17(12-21)18-9-11-23-26(18)20(14)25-15-6-3-2-4-7-15;3-2(4,5)1(6)7/h2-4,6-7,9,11,16,22,24-25H,5,8,10,13H2,1H3;(H,6,7)/t16-;/m0./s1. The first kappa shape index (κ1) is 23.9. The summed E-state index contributed by atoms with van der Waals surface area (Å²) in [6, 6.07) is 14.6. The number of aliphatic carboxylic acids is 1. The van der Waals surface area contributed by atoms with Gasteiger partial charge in [-0.3, -0.25) is 0 Å². The van der Waals surface area contributed by atoms with Crippen LogP contribution in [0.3, 0.4) is 0 Å². The van der Waals surface area contributed by atoms with Gasteiger partial charge in [0, 0.05) is 23.8 Å². The normalized spacial score (nSPS) is 15.8. The van der Waals surface area contributed by atoms with Crippen molar-refractivity contribution in [2.45, 2.75) is 32.0 Å². The fourth-order valence-electron chi connectivity index (χ4n) is 3.54. The number of rotatable bonds is 4. The number of carboxylic acid groups (broad SMARTS) is 1. The van der Waals surface area contributed by atoms with E-state index in [1.165, 1.54) is 0 Å². The Labute approximate surface area is 188 Å². The number of para-hydroxylation sites is 1. The lowest BCUT2D eigenvalue weighted by molar-refractivity contribution is -0.192. The Bertz CT molecular complexity index is 1150. The van der Waals surface area contributed by atoms with Crippen molar-refractivity contribution in [2.24, 2.45) is 0 Å². The molecule has 8 nitrogen and oxygen atoms in total. The minimum absolute atomic E-state index is 0.324. The molecule has 1 aliphatic rings. The fraction of sp³-hybridized carbons (Fsp3) is 0.318. The van der Waals surface area contributed by atoms with Crippen LogP contribution in [0.15, 0.2) is 42.6 Å². The lowest BCUT2D eigenvalue weighted by atomic mass is 10.0. The monoisotopic (exact) mass is 460 g/mol. The summed E-state index contributed by atoms with van der Waals surface area (Å²) >= 11 is 0. The van der Waals surface area contributed by atoms with E-state index in [1.54, 1.807) is 6.20 Å². The molecule has 11 heteroatoms. The summed E-state index contributed by atoms with van der Waals surface area (Å²) in [5.41, 5.74) is 4.33. The van der Waals surface area contributed by atoms with E-state index in [0.29, 0.717) is 11.6 Å². The van der Waals surface area contributed by atoms with Crippen LogP contribution in [0.4, 0.5) is 30.4 Å². The number of carboxylic acids is 1. The average Bonchev–Trinajstić information content (AvgIpc) is 3.27. The second kappa shape index (κ2) is 10.2. The SMILES string of the molecule is Cc1c(N[C@H]2CCCNC2)c(C#N)c2ccnn2c1Nc1ccccc1.O=C(O)C(F)(F)F. The number of nitrogens with one attached hydrogen (secondary N) is 3. The number of hydrogen-bond donors (Lipinski definition) is 4. The van der Waals surface area contributed by atoms with Gasteiger partial charge in [-0.2, -0.15) is 23.5 Å². The van der Waals surface area contributed by atoms with Crippen LogP contribution < -0.4 is 16.0 Å². The number of nitriles is 1. The summed E-state index contributed by atoms with van der Waals surface area (Å²) in [5.74, 6) is -1.88. The molecule has 174 valence electrons. The number of hydrogen-bond acceptors (Lipinski definition) is 6. The maximum atomic E-state index is 10.6. The Balaban J connectivity index is 0.000000383. The first-order valence-corrected chi connectivity index (χ1v) is 10.2. The molecule has 4 rings (SSSR count). The van der Waals surface area contributed by atoms with E-state index in [0.717, 1.165) is 54.2 Å². The first-order valence-electron chi connectivity index (χ1n) is 10.2. The first-order chi connectivity index (χ1) is 15.7. The van der Waals surface area contributed by atoms with Gasteiger partial charge in [0.1, 0.15) is 17.5 Å². The quantitative estimate of drug-likeness (QED) is 0.464. The second-order valence-corrected chi connectivity index (χ2v) is 7.45. The highest BCUT2D eigenvalue weighted by Gasteiger charge is 2.38. The highest BCUT2D eigenvalue weighted by atomic mass is 19.4. The maximum Gasteiger partial charge on any atom is 0.490 e. The predicted molar refractivity (Wildman–Crippen MR) is 118 cm³/mol. The molecule has 1 aliphatic heterocycles. The van der Waals surface area contributed by atoms with Crippen molar-refractivity contribution in [1.82, 2.24) is 14.9 Å². The number of carbonyl (C=O) groups is 1. The molecule has 1 saturated heterocycles. The van der Waals surface area contributed by atoms with Crippen LogP contribution in [0.1, 0.15) is 24.0 Å². The molecule has 0 saturated carbocycles. The van der Waals surface area contributed by atoms with E-state index < -0.39 is 12.1 Å². The molecule has 0 amide bonds. The number of aromatic nitrogens is 2. The van der Waals surface area contributed by atoms with Crippen molar-refractivity contribution >= 4 is 28.7 Å². The third-order valence-corrected chi connectivity index (χ3v) is 5.13. The molecule has 3 aromatic rings. The number of benzene rings is 1. The number of fused-ring (bicyclic) bond motifs is 1. The van der Waals surface area contributed by atoms with Crippen molar-refractivity contribution in [3.63, 3.8) is 0 Å². The van der Waals surface area contributed by atoms with Crippen LogP contribution in [0.25, 0.3) is 5.52 Å². The Morgan fingerprint density at radius 3 is 2.58 bits per heavy atom. The lowest BCUT2D eigenvalue weighted by Crippen LogP contribution is -2.38. The molecule has 0 unspecified atom stereocenters. The van der Waals surface area contributed by atoms with Gasteiger partial charge in [0.25, 0.3) is 0 Å². The van der Waals surface area contributed by atoms with E-state index in [9.17, 15) is 18.4 Å².